The van der Waals surface area contributed by atoms with Crippen molar-refractivity contribution in [1.82, 2.24) is 4.90 Å². The number of hydrogen-bond donors (Lipinski definition) is 0. The summed E-state index contributed by atoms with van der Waals surface area (Å²) in [6.07, 6.45) is -0.822. The maximum Gasteiger partial charge on any atom is 0.492 e. The van der Waals surface area contributed by atoms with Gasteiger partial charge < -0.3 is 22.6 Å². The van der Waals surface area contributed by atoms with Crippen LogP contribution >= 0.6 is 0 Å². The normalized spacial score (nSPS) is 17.4. The maximum absolute atomic E-state index is 12.3. The Morgan fingerprint density at radius 1 is 1.25 bits per heavy atom. The molecule has 1 aromatic carbocycles. The van der Waals surface area contributed by atoms with Crippen LogP contribution in [0.3, 0.4) is 0 Å². The first-order valence-electron chi connectivity index (χ1n) is 5.19. The van der Waals surface area contributed by atoms with Crippen molar-refractivity contribution in [2.45, 2.75) is 6.54 Å². The first-order chi connectivity index (χ1) is 7.54. The summed E-state index contributed by atoms with van der Waals surface area (Å²) in [5.41, 5.74) is 0.819. The van der Waals surface area contributed by atoms with Crippen LogP contribution in [-0.2, 0) is 6.54 Å². The van der Waals surface area contributed by atoms with Crippen LogP contribution in [0.5, 0.6) is 5.75 Å². The molecule has 1 aromatic rings. The summed E-state index contributed by atoms with van der Waals surface area (Å²) in [6.45, 7) is -3.84. The molecule has 2 nitrogen and oxygen atoms in total. The van der Waals surface area contributed by atoms with Gasteiger partial charge in [-0.25, -0.2) is 0 Å². The molecule has 88 valence electrons. The third-order valence-corrected chi connectivity index (χ3v) is 2.50. The number of ether oxygens (including phenoxy) is 1. The molecule has 0 radical (unpaired) electrons. The molecule has 16 heavy (non-hydrogen) atoms. The highest BCUT2D eigenvalue weighted by atomic mass is 19.4. The molecule has 0 aliphatic carbocycles. The van der Waals surface area contributed by atoms with Crippen molar-refractivity contribution in [2.75, 3.05) is 19.6 Å². The molecule has 0 unspecified atom stereocenters. The number of rotatable bonds is 2. The van der Waals surface area contributed by atoms with E-state index in [1.807, 2.05) is 12.1 Å². The van der Waals surface area contributed by atoms with Gasteiger partial charge >= 0.3 is 6.98 Å². The van der Waals surface area contributed by atoms with E-state index in [1.54, 1.807) is 12.1 Å². The fourth-order valence-corrected chi connectivity index (χ4v) is 1.83. The summed E-state index contributed by atoms with van der Waals surface area (Å²) in [7, 11) is 0. The summed E-state index contributed by atoms with van der Waals surface area (Å²) in [4.78, 5) is 1.38. The molecule has 6 heteroatoms. The average molecular weight is 230 g/mol. The number of fused-ring (bicyclic) bond motifs is 1. The zero-order chi connectivity index (χ0) is 11.6. The van der Waals surface area contributed by atoms with Gasteiger partial charge in [0.2, 0.25) is 0 Å². The molecule has 1 aliphatic heterocycles. The highest BCUT2D eigenvalue weighted by Crippen LogP contribution is 2.23. The Morgan fingerprint density at radius 3 is 2.75 bits per heavy atom. The minimum atomic E-state index is -4.77. The minimum absolute atomic E-state index is 0.303. The van der Waals surface area contributed by atoms with E-state index in [9.17, 15) is 12.9 Å². The lowest BCUT2D eigenvalue weighted by atomic mass is 9.91. The second-order valence-electron chi connectivity index (χ2n) is 3.90. The van der Waals surface area contributed by atoms with Crippen LogP contribution in [0.25, 0.3) is 0 Å². The topological polar surface area (TPSA) is 12.5 Å². The Labute approximate surface area is 92.1 Å². The lowest BCUT2D eigenvalue weighted by molar-refractivity contribution is 0.232. The van der Waals surface area contributed by atoms with Crippen LogP contribution in [0.2, 0.25) is 0 Å². The van der Waals surface area contributed by atoms with Gasteiger partial charge in [0.1, 0.15) is 12.4 Å². The number of nitrogens with zero attached hydrogens (tertiary/aromatic N) is 1. The van der Waals surface area contributed by atoms with Crippen LogP contribution in [0.15, 0.2) is 24.3 Å². The average Bonchev–Trinajstić information content (AvgIpc) is 2.36. The molecule has 0 atom stereocenters. The molecular formula is C10H12BF3NO-. The molecule has 1 heterocycles. The summed E-state index contributed by atoms with van der Waals surface area (Å²) in [5.74, 6) is 0.694. The molecule has 0 saturated heterocycles. The number of benzene rings is 1. The van der Waals surface area contributed by atoms with Crippen LogP contribution in [-0.4, -0.2) is 31.5 Å². The molecule has 1 aliphatic rings. The fourth-order valence-electron chi connectivity index (χ4n) is 1.83. The van der Waals surface area contributed by atoms with Crippen molar-refractivity contribution in [2.24, 2.45) is 0 Å². The molecule has 0 spiro atoms. The van der Waals surface area contributed by atoms with Crippen LogP contribution in [0.4, 0.5) is 12.9 Å². The summed E-state index contributed by atoms with van der Waals surface area (Å²) in [6, 6.07) is 7.22. The zero-order valence-electron chi connectivity index (χ0n) is 8.70. The van der Waals surface area contributed by atoms with Gasteiger partial charge in [-0.3, -0.25) is 0 Å². The molecular weight excluding hydrogens is 218 g/mol. The summed E-state index contributed by atoms with van der Waals surface area (Å²) < 4.78 is 42.4. The number of halogens is 3. The molecule has 0 amide bonds. The second kappa shape index (κ2) is 4.37. The number of para-hydroxylation sites is 1. The first-order valence-corrected chi connectivity index (χ1v) is 5.19. The van der Waals surface area contributed by atoms with E-state index in [-0.39, 0.29) is 0 Å². The van der Waals surface area contributed by atoms with E-state index < -0.39 is 13.4 Å². The van der Waals surface area contributed by atoms with Gasteiger partial charge in [0.05, 0.1) is 0 Å². The van der Waals surface area contributed by atoms with Gasteiger partial charge in [-0.15, -0.1) is 0 Å². The lowest BCUT2D eigenvalue weighted by Gasteiger charge is -2.25. The summed E-state index contributed by atoms with van der Waals surface area (Å²) in [5, 5.41) is 0. The smallest absolute Gasteiger partial charge is 0.492 e. The SMILES string of the molecule is F[B-](F)(F)CN1CCOc2ccccc2C1. The molecule has 0 fully saturated rings. The Balaban J connectivity index is 2.11. The highest BCUT2D eigenvalue weighted by molar-refractivity contribution is 6.58. The molecule has 2 rings (SSSR count). The van der Waals surface area contributed by atoms with E-state index in [0.717, 1.165) is 5.56 Å². The van der Waals surface area contributed by atoms with E-state index in [4.69, 9.17) is 4.74 Å². The lowest BCUT2D eigenvalue weighted by Crippen LogP contribution is -2.38. The predicted octanol–water partition coefficient (Wildman–Crippen LogP) is 2.27. The van der Waals surface area contributed by atoms with Gasteiger partial charge in [0.25, 0.3) is 0 Å². The van der Waals surface area contributed by atoms with E-state index in [1.165, 1.54) is 4.90 Å². The van der Waals surface area contributed by atoms with Crippen molar-refractivity contribution in [3.05, 3.63) is 29.8 Å². The van der Waals surface area contributed by atoms with Gasteiger partial charge in [-0.1, -0.05) is 18.2 Å². The molecule has 0 saturated carbocycles. The van der Waals surface area contributed by atoms with E-state index in [0.29, 0.717) is 25.4 Å². The standard InChI is InChI=1S/C10H12BF3NO/c12-11(13,14)8-15-5-6-16-10-4-2-1-3-9(10)7-15/h1-4H,5-8H2/q-1. The summed E-state index contributed by atoms with van der Waals surface area (Å²) >= 11 is 0. The highest BCUT2D eigenvalue weighted by Gasteiger charge is 2.27. The van der Waals surface area contributed by atoms with Crippen molar-refractivity contribution in [3.63, 3.8) is 0 Å². The van der Waals surface area contributed by atoms with Crippen molar-refractivity contribution in [1.29, 1.82) is 0 Å². The predicted molar refractivity (Wildman–Crippen MR) is 56.3 cm³/mol. The Morgan fingerprint density at radius 2 is 2.00 bits per heavy atom. The van der Waals surface area contributed by atoms with Gasteiger partial charge in [-0.05, 0) is 12.5 Å². The fraction of sp³-hybridized carbons (Fsp3) is 0.400. The van der Waals surface area contributed by atoms with Crippen molar-refractivity contribution in [3.8, 4) is 5.75 Å². The van der Waals surface area contributed by atoms with Gasteiger partial charge in [0, 0.05) is 18.7 Å². The Bertz CT molecular complexity index is 369. The Kier molecular flexibility index (Phi) is 3.09. The second-order valence-corrected chi connectivity index (χ2v) is 3.90. The van der Waals surface area contributed by atoms with Crippen molar-refractivity contribution < 1.29 is 17.7 Å². The molecule has 0 N–H and O–H groups in total. The largest absolute Gasteiger partial charge is 0.492 e. The third kappa shape index (κ3) is 2.91. The first kappa shape index (κ1) is 11.3. The van der Waals surface area contributed by atoms with Gasteiger partial charge in [-0.2, -0.15) is 0 Å². The molecule has 0 bridgehead atoms. The van der Waals surface area contributed by atoms with Crippen molar-refractivity contribution >= 4 is 6.98 Å². The minimum Gasteiger partial charge on any atom is -0.492 e. The van der Waals surface area contributed by atoms with Gasteiger partial charge in [0.15, 0.2) is 0 Å². The zero-order valence-corrected chi connectivity index (χ0v) is 8.70. The van der Waals surface area contributed by atoms with E-state index >= 15 is 0 Å². The van der Waals surface area contributed by atoms with Crippen LogP contribution in [0.1, 0.15) is 5.56 Å². The molecule has 0 aromatic heterocycles. The van der Waals surface area contributed by atoms with E-state index in [2.05, 4.69) is 0 Å². The number of hydrogen-bond acceptors (Lipinski definition) is 2. The van der Waals surface area contributed by atoms with Crippen LogP contribution in [0, 0.1) is 0 Å². The Hall–Kier alpha value is -1.17. The monoisotopic (exact) mass is 230 g/mol. The quantitative estimate of drug-likeness (QED) is 0.722. The third-order valence-electron chi connectivity index (χ3n) is 2.50. The maximum atomic E-state index is 12.3. The van der Waals surface area contributed by atoms with Crippen LogP contribution < -0.4 is 4.74 Å².